The third-order valence-electron chi connectivity index (χ3n) is 3.67. The molecule has 0 radical (unpaired) electrons. The number of thiophene rings is 1. The second-order valence-electron chi connectivity index (χ2n) is 5.98. The summed E-state index contributed by atoms with van der Waals surface area (Å²) in [5, 5.41) is 7.90. The maximum Gasteiger partial charge on any atom is 0.315 e. The van der Waals surface area contributed by atoms with E-state index in [1.807, 2.05) is 51.3 Å². The third-order valence-corrected chi connectivity index (χ3v) is 4.65. The van der Waals surface area contributed by atoms with Crippen molar-refractivity contribution in [1.82, 2.24) is 20.5 Å². The van der Waals surface area contributed by atoms with Gasteiger partial charge < -0.3 is 20.4 Å². The molecule has 0 saturated heterocycles. The van der Waals surface area contributed by atoms with Crippen molar-refractivity contribution < 1.29 is 4.79 Å². The van der Waals surface area contributed by atoms with Gasteiger partial charge in [-0.3, -0.25) is 0 Å². The van der Waals surface area contributed by atoms with Crippen LogP contribution in [0.5, 0.6) is 0 Å². The number of anilines is 1. The van der Waals surface area contributed by atoms with Gasteiger partial charge in [0.25, 0.3) is 0 Å². The summed E-state index contributed by atoms with van der Waals surface area (Å²) in [6, 6.07) is 8.01. The zero-order valence-corrected chi connectivity index (χ0v) is 15.4. The lowest BCUT2D eigenvalue weighted by Crippen LogP contribution is -2.40. The van der Waals surface area contributed by atoms with Crippen LogP contribution in [0.1, 0.15) is 16.5 Å². The lowest BCUT2D eigenvalue weighted by Gasteiger charge is -2.23. The van der Waals surface area contributed by atoms with Crippen molar-refractivity contribution in [2.45, 2.75) is 12.6 Å². The molecule has 0 aromatic carbocycles. The quantitative estimate of drug-likeness (QED) is 0.807. The molecule has 0 aliphatic rings. The second-order valence-corrected chi connectivity index (χ2v) is 6.95. The molecule has 0 spiro atoms. The fourth-order valence-electron chi connectivity index (χ4n) is 2.27. The van der Waals surface area contributed by atoms with Crippen molar-refractivity contribution in [3.05, 3.63) is 46.3 Å². The van der Waals surface area contributed by atoms with Crippen molar-refractivity contribution in [1.29, 1.82) is 0 Å². The van der Waals surface area contributed by atoms with Crippen LogP contribution in [-0.2, 0) is 6.54 Å². The molecule has 0 fully saturated rings. The molecule has 2 N–H and O–H groups in total. The van der Waals surface area contributed by atoms with E-state index in [4.69, 9.17) is 0 Å². The number of nitrogens with one attached hydrogen (secondary N) is 2. The monoisotopic (exact) mass is 347 g/mol. The highest BCUT2D eigenvalue weighted by Crippen LogP contribution is 2.22. The zero-order chi connectivity index (χ0) is 17.5. The van der Waals surface area contributed by atoms with Gasteiger partial charge in [-0.1, -0.05) is 6.07 Å². The lowest BCUT2D eigenvalue weighted by atomic mass is 10.2. The Morgan fingerprint density at radius 2 is 2.04 bits per heavy atom. The average molecular weight is 347 g/mol. The Labute approximate surface area is 147 Å². The third kappa shape index (κ3) is 5.21. The molecule has 6 nitrogen and oxygen atoms in total. The molecule has 1 unspecified atom stereocenters. The van der Waals surface area contributed by atoms with Gasteiger partial charge in [0, 0.05) is 38.3 Å². The minimum atomic E-state index is -0.165. The van der Waals surface area contributed by atoms with Crippen LogP contribution in [0.2, 0.25) is 0 Å². The first-order valence-electron chi connectivity index (χ1n) is 7.81. The standard InChI is InChI=1S/C17H25N5OS/c1-21(2)14(15-6-5-9-24-15)12-20-17(23)19-11-13-7-8-18-16(10-13)22(3)4/h5-10,14H,11-12H2,1-4H3,(H2,19,20,23). The number of carbonyl (C=O) groups is 1. The molecule has 24 heavy (non-hydrogen) atoms. The summed E-state index contributed by atoms with van der Waals surface area (Å²) in [6.45, 7) is 1.04. The Hall–Kier alpha value is -2.12. The Morgan fingerprint density at radius 1 is 1.25 bits per heavy atom. The Morgan fingerprint density at radius 3 is 2.67 bits per heavy atom. The predicted octanol–water partition coefficient (Wildman–Crippen LogP) is 2.31. The molecule has 2 aromatic heterocycles. The number of nitrogens with zero attached hydrogens (tertiary/aromatic N) is 3. The van der Waals surface area contributed by atoms with Crippen LogP contribution >= 0.6 is 11.3 Å². The van der Waals surface area contributed by atoms with Gasteiger partial charge in [0.2, 0.25) is 0 Å². The van der Waals surface area contributed by atoms with Crippen LogP contribution in [0.4, 0.5) is 10.6 Å². The first-order valence-corrected chi connectivity index (χ1v) is 8.69. The Bertz CT molecular complexity index is 642. The molecule has 0 aliphatic heterocycles. The van der Waals surface area contributed by atoms with Gasteiger partial charge in [-0.15, -0.1) is 11.3 Å². The summed E-state index contributed by atoms with van der Waals surface area (Å²) in [6.07, 6.45) is 1.75. The van der Waals surface area contributed by atoms with E-state index in [9.17, 15) is 4.79 Å². The van der Waals surface area contributed by atoms with Crippen LogP contribution in [-0.4, -0.2) is 50.7 Å². The number of pyridine rings is 1. The molecular weight excluding hydrogens is 322 g/mol. The highest BCUT2D eigenvalue weighted by Gasteiger charge is 2.16. The van der Waals surface area contributed by atoms with E-state index < -0.39 is 0 Å². The number of urea groups is 1. The van der Waals surface area contributed by atoms with E-state index in [-0.39, 0.29) is 12.1 Å². The van der Waals surface area contributed by atoms with Gasteiger partial charge in [-0.2, -0.15) is 0 Å². The van der Waals surface area contributed by atoms with Gasteiger partial charge in [0.1, 0.15) is 5.82 Å². The summed E-state index contributed by atoms with van der Waals surface area (Å²) in [5.74, 6) is 0.875. The van der Waals surface area contributed by atoms with Gasteiger partial charge in [-0.05, 0) is 43.2 Å². The van der Waals surface area contributed by atoms with Crippen molar-refractivity contribution >= 4 is 23.2 Å². The molecule has 0 saturated carbocycles. The van der Waals surface area contributed by atoms with E-state index in [2.05, 4.69) is 32.0 Å². The number of hydrogen-bond acceptors (Lipinski definition) is 5. The summed E-state index contributed by atoms with van der Waals surface area (Å²) < 4.78 is 0. The van der Waals surface area contributed by atoms with Crippen molar-refractivity contribution in [3.63, 3.8) is 0 Å². The van der Waals surface area contributed by atoms with Crippen LogP contribution in [0, 0.1) is 0 Å². The van der Waals surface area contributed by atoms with E-state index in [1.54, 1.807) is 17.5 Å². The molecule has 1 atom stereocenters. The van der Waals surface area contributed by atoms with E-state index in [0.717, 1.165) is 11.4 Å². The molecule has 2 amide bonds. The maximum absolute atomic E-state index is 12.1. The molecule has 130 valence electrons. The van der Waals surface area contributed by atoms with Crippen LogP contribution in [0.25, 0.3) is 0 Å². The van der Waals surface area contributed by atoms with Gasteiger partial charge in [0.15, 0.2) is 0 Å². The minimum Gasteiger partial charge on any atom is -0.363 e. The number of rotatable bonds is 7. The van der Waals surface area contributed by atoms with Gasteiger partial charge in [0.05, 0.1) is 6.04 Å². The summed E-state index contributed by atoms with van der Waals surface area (Å²) in [5.41, 5.74) is 1.02. The molecule has 0 aliphatic carbocycles. The normalized spacial score (nSPS) is 12.0. The van der Waals surface area contributed by atoms with Crippen molar-refractivity contribution in [3.8, 4) is 0 Å². The Balaban J connectivity index is 1.84. The predicted molar refractivity (Wildman–Crippen MR) is 99.5 cm³/mol. The highest BCUT2D eigenvalue weighted by molar-refractivity contribution is 7.10. The molecular formula is C17H25N5OS. The van der Waals surface area contributed by atoms with Gasteiger partial charge >= 0.3 is 6.03 Å². The number of amides is 2. The van der Waals surface area contributed by atoms with E-state index >= 15 is 0 Å². The molecule has 2 heterocycles. The zero-order valence-electron chi connectivity index (χ0n) is 14.6. The SMILES string of the molecule is CN(C)c1cc(CNC(=O)NCC(c2cccs2)N(C)C)ccn1. The molecule has 7 heteroatoms. The lowest BCUT2D eigenvalue weighted by molar-refractivity contribution is 0.233. The smallest absolute Gasteiger partial charge is 0.315 e. The summed E-state index contributed by atoms with van der Waals surface area (Å²) in [4.78, 5) is 21.6. The van der Waals surface area contributed by atoms with Crippen LogP contribution in [0.15, 0.2) is 35.8 Å². The topological polar surface area (TPSA) is 60.5 Å². The minimum absolute atomic E-state index is 0.165. The number of hydrogen-bond donors (Lipinski definition) is 2. The van der Waals surface area contributed by atoms with E-state index in [1.165, 1.54) is 4.88 Å². The Kier molecular flexibility index (Phi) is 6.57. The summed E-state index contributed by atoms with van der Waals surface area (Å²) >= 11 is 1.70. The highest BCUT2D eigenvalue weighted by atomic mass is 32.1. The van der Waals surface area contributed by atoms with Crippen LogP contribution < -0.4 is 15.5 Å². The molecule has 2 aromatic rings. The fourth-order valence-corrected chi connectivity index (χ4v) is 3.19. The van der Waals surface area contributed by atoms with Gasteiger partial charge in [-0.25, -0.2) is 9.78 Å². The number of carbonyl (C=O) groups excluding carboxylic acids is 1. The number of likely N-dealkylation sites (N-methyl/N-ethyl adjacent to an activating group) is 1. The maximum atomic E-state index is 12.1. The second kappa shape index (κ2) is 8.65. The molecule has 2 rings (SSSR count). The van der Waals surface area contributed by atoms with Crippen molar-refractivity contribution in [2.75, 3.05) is 39.6 Å². The first kappa shape index (κ1) is 18.2. The first-order chi connectivity index (χ1) is 11.5. The van der Waals surface area contributed by atoms with Crippen LogP contribution in [0.3, 0.4) is 0 Å². The average Bonchev–Trinajstić information content (AvgIpc) is 3.07. The van der Waals surface area contributed by atoms with E-state index in [0.29, 0.717) is 13.1 Å². The number of aromatic nitrogens is 1. The fraction of sp³-hybridized carbons (Fsp3) is 0.412. The largest absolute Gasteiger partial charge is 0.363 e. The van der Waals surface area contributed by atoms with Crippen molar-refractivity contribution in [2.24, 2.45) is 0 Å². The molecule has 0 bridgehead atoms. The summed E-state index contributed by atoms with van der Waals surface area (Å²) in [7, 11) is 7.92.